The number of carbonyl (C=O) groups excluding carboxylic acids is 1. The number of alkyl halides is 3. The van der Waals surface area contributed by atoms with Gasteiger partial charge in [-0.05, 0) is 18.6 Å². The summed E-state index contributed by atoms with van der Waals surface area (Å²) in [6, 6.07) is 6.71. The number of para-hydroxylation sites is 1. The summed E-state index contributed by atoms with van der Waals surface area (Å²) in [5, 5.41) is 11.3. The molecule has 0 spiro atoms. The van der Waals surface area contributed by atoms with Crippen LogP contribution in [0.3, 0.4) is 0 Å². The number of H-pyrrole nitrogens is 1. The van der Waals surface area contributed by atoms with E-state index in [0.29, 0.717) is 5.82 Å². The number of amides is 2. The predicted octanol–water partition coefficient (Wildman–Crippen LogP) is 3.47. The number of benzene rings is 1. The Balaban J connectivity index is 2.07. The van der Waals surface area contributed by atoms with E-state index in [-0.39, 0.29) is 11.3 Å². The van der Waals surface area contributed by atoms with E-state index in [1.165, 1.54) is 18.2 Å². The van der Waals surface area contributed by atoms with Gasteiger partial charge in [0.15, 0.2) is 5.82 Å². The van der Waals surface area contributed by atoms with E-state index in [9.17, 15) is 18.0 Å². The van der Waals surface area contributed by atoms with Crippen molar-refractivity contribution >= 4 is 17.5 Å². The molecule has 0 saturated heterocycles. The minimum absolute atomic E-state index is 0.00152. The van der Waals surface area contributed by atoms with Gasteiger partial charge in [-0.15, -0.1) is 0 Å². The van der Waals surface area contributed by atoms with Gasteiger partial charge in [0.2, 0.25) is 0 Å². The van der Waals surface area contributed by atoms with Crippen LogP contribution in [0.1, 0.15) is 11.3 Å². The number of carbonyl (C=O) groups is 1. The molecular formula is C13H13F3N4O. The van der Waals surface area contributed by atoms with Crippen molar-refractivity contribution in [1.82, 2.24) is 10.2 Å². The zero-order chi connectivity index (χ0) is 15.5. The van der Waals surface area contributed by atoms with Crippen LogP contribution in [0.4, 0.5) is 29.5 Å². The van der Waals surface area contributed by atoms with Gasteiger partial charge in [-0.1, -0.05) is 18.2 Å². The largest absolute Gasteiger partial charge is 0.393 e. The first-order valence-corrected chi connectivity index (χ1v) is 6.08. The molecule has 1 aromatic carbocycles. The molecule has 3 N–H and O–H groups in total. The number of aryl methyl sites for hydroxylation is 1. The van der Waals surface area contributed by atoms with E-state index in [1.54, 1.807) is 19.1 Å². The third kappa shape index (κ3) is 4.51. The molecule has 112 valence electrons. The number of aromatic nitrogens is 2. The highest BCUT2D eigenvalue weighted by molar-refractivity contribution is 5.99. The lowest BCUT2D eigenvalue weighted by Crippen LogP contribution is -2.21. The third-order valence-electron chi connectivity index (χ3n) is 2.60. The quantitative estimate of drug-likeness (QED) is 0.812. The van der Waals surface area contributed by atoms with Crippen molar-refractivity contribution < 1.29 is 18.0 Å². The molecule has 0 atom stereocenters. The number of rotatable bonds is 3. The van der Waals surface area contributed by atoms with E-state index in [4.69, 9.17) is 0 Å². The first-order valence-electron chi connectivity index (χ1n) is 6.08. The highest BCUT2D eigenvalue weighted by atomic mass is 19.4. The Morgan fingerprint density at radius 1 is 1.29 bits per heavy atom. The first kappa shape index (κ1) is 14.9. The molecule has 1 aromatic heterocycles. The highest BCUT2D eigenvalue weighted by Crippen LogP contribution is 2.26. The molecule has 0 saturated carbocycles. The molecule has 0 aliphatic heterocycles. The van der Waals surface area contributed by atoms with Gasteiger partial charge in [0.25, 0.3) is 0 Å². The van der Waals surface area contributed by atoms with Gasteiger partial charge in [0.05, 0.1) is 6.42 Å². The predicted molar refractivity (Wildman–Crippen MR) is 72.2 cm³/mol. The minimum Gasteiger partial charge on any atom is -0.307 e. The van der Waals surface area contributed by atoms with E-state index in [0.717, 1.165) is 5.69 Å². The van der Waals surface area contributed by atoms with Gasteiger partial charge >= 0.3 is 12.2 Å². The number of nitrogens with zero attached hydrogens (tertiary/aromatic N) is 1. The lowest BCUT2D eigenvalue weighted by molar-refractivity contribution is -0.127. The Morgan fingerprint density at radius 3 is 2.62 bits per heavy atom. The molecule has 2 rings (SSSR count). The second kappa shape index (κ2) is 5.86. The molecule has 5 nitrogen and oxygen atoms in total. The Kier molecular flexibility index (Phi) is 4.15. The normalized spacial score (nSPS) is 11.2. The molecule has 0 radical (unpaired) electrons. The van der Waals surface area contributed by atoms with Gasteiger partial charge in [-0.2, -0.15) is 18.3 Å². The number of nitrogens with one attached hydrogen (secondary N) is 3. The Bertz CT molecular complexity index is 636. The molecule has 1 heterocycles. The first-order chi connectivity index (χ1) is 9.83. The molecule has 2 aromatic rings. The molecule has 2 amide bonds. The number of anilines is 2. The average Bonchev–Trinajstić information content (AvgIpc) is 2.75. The van der Waals surface area contributed by atoms with Gasteiger partial charge in [-0.25, -0.2) is 4.79 Å². The average molecular weight is 298 g/mol. The maximum absolute atomic E-state index is 12.5. The minimum atomic E-state index is -4.34. The van der Waals surface area contributed by atoms with Gasteiger partial charge < -0.3 is 5.32 Å². The van der Waals surface area contributed by atoms with Crippen molar-refractivity contribution in [1.29, 1.82) is 0 Å². The van der Waals surface area contributed by atoms with Crippen LogP contribution in [0.2, 0.25) is 0 Å². The molecule has 0 fully saturated rings. The Morgan fingerprint density at radius 2 is 2.00 bits per heavy atom. The van der Waals surface area contributed by atoms with Crippen LogP contribution in [0.15, 0.2) is 30.3 Å². The summed E-state index contributed by atoms with van der Waals surface area (Å²) >= 11 is 0. The molecule has 21 heavy (non-hydrogen) atoms. The van der Waals surface area contributed by atoms with Crippen LogP contribution in [0, 0.1) is 6.92 Å². The van der Waals surface area contributed by atoms with Gasteiger partial charge in [-0.3, -0.25) is 10.4 Å². The number of hydrogen-bond acceptors (Lipinski definition) is 2. The van der Waals surface area contributed by atoms with Crippen molar-refractivity contribution in [3.63, 3.8) is 0 Å². The lowest BCUT2D eigenvalue weighted by Gasteiger charge is -2.12. The third-order valence-corrected chi connectivity index (χ3v) is 2.60. The summed E-state index contributed by atoms with van der Waals surface area (Å²) in [7, 11) is 0. The number of hydrogen-bond donors (Lipinski definition) is 3. The van der Waals surface area contributed by atoms with Crippen LogP contribution in [0.5, 0.6) is 0 Å². The number of aromatic amines is 1. The van der Waals surface area contributed by atoms with Crippen molar-refractivity contribution in [2.24, 2.45) is 0 Å². The van der Waals surface area contributed by atoms with E-state index >= 15 is 0 Å². The molecule has 0 bridgehead atoms. The molecular weight excluding hydrogens is 285 g/mol. The maximum Gasteiger partial charge on any atom is 0.393 e. The second-order valence-electron chi connectivity index (χ2n) is 4.46. The van der Waals surface area contributed by atoms with Crippen LogP contribution in [-0.4, -0.2) is 22.4 Å². The highest BCUT2D eigenvalue weighted by Gasteiger charge is 2.29. The van der Waals surface area contributed by atoms with Crippen LogP contribution in [-0.2, 0) is 6.42 Å². The zero-order valence-electron chi connectivity index (χ0n) is 11.1. The van der Waals surface area contributed by atoms with Crippen LogP contribution < -0.4 is 10.6 Å². The topological polar surface area (TPSA) is 69.8 Å². The molecule has 0 unspecified atom stereocenters. The van der Waals surface area contributed by atoms with Crippen molar-refractivity contribution in [3.8, 4) is 0 Å². The SMILES string of the molecule is Cc1cc(NC(=O)Nc2ccccc2CC(F)(F)F)n[nH]1. The Labute approximate surface area is 118 Å². The second-order valence-corrected chi connectivity index (χ2v) is 4.46. The number of urea groups is 1. The van der Waals surface area contributed by atoms with Crippen LogP contribution >= 0.6 is 0 Å². The Hall–Kier alpha value is -2.51. The van der Waals surface area contributed by atoms with Crippen LogP contribution in [0.25, 0.3) is 0 Å². The van der Waals surface area contributed by atoms with Crippen molar-refractivity contribution in [2.75, 3.05) is 10.6 Å². The fourth-order valence-corrected chi connectivity index (χ4v) is 1.76. The van der Waals surface area contributed by atoms with E-state index in [1.807, 2.05) is 0 Å². The summed E-state index contributed by atoms with van der Waals surface area (Å²) < 4.78 is 37.4. The summed E-state index contributed by atoms with van der Waals surface area (Å²) in [6.07, 6.45) is -5.45. The van der Waals surface area contributed by atoms with Crippen molar-refractivity contribution in [3.05, 3.63) is 41.6 Å². The van der Waals surface area contributed by atoms with Gasteiger partial charge in [0.1, 0.15) is 0 Å². The van der Waals surface area contributed by atoms with Crippen molar-refractivity contribution in [2.45, 2.75) is 19.5 Å². The summed E-state index contributed by atoms with van der Waals surface area (Å²) in [5.74, 6) is 0.290. The summed E-state index contributed by atoms with van der Waals surface area (Å²) in [6.45, 7) is 1.76. The molecule has 8 heteroatoms. The standard InChI is InChI=1S/C13H13F3N4O/c1-8-6-11(20-19-8)18-12(21)17-10-5-3-2-4-9(10)7-13(14,15)16/h2-6H,7H2,1H3,(H3,17,18,19,20,21). The summed E-state index contributed by atoms with van der Waals surface area (Å²) in [5.41, 5.74) is 0.862. The van der Waals surface area contributed by atoms with Gasteiger partial charge in [0, 0.05) is 17.4 Å². The fourth-order valence-electron chi connectivity index (χ4n) is 1.76. The van der Waals surface area contributed by atoms with E-state index in [2.05, 4.69) is 20.8 Å². The molecule has 0 aliphatic rings. The van der Waals surface area contributed by atoms with E-state index < -0.39 is 18.6 Å². The fraction of sp³-hybridized carbons (Fsp3) is 0.231. The number of halogens is 3. The summed E-state index contributed by atoms with van der Waals surface area (Å²) in [4.78, 5) is 11.8. The monoisotopic (exact) mass is 298 g/mol. The lowest BCUT2D eigenvalue weighted by atomic mass is 10.1. The molecule has 0 aliphatic carbocycles. The smallest absolute Gasteiger partial charge is 0.307 e. The zero-order valence-corrected chi connectivity index (χ0v) is 11.1. The maximum atomic E-state index is 12.5.